The smallest absolute Gasteiger partial charge is 0.211 e. The predicted octanol–water partition coefficient (Wildman–Crippen LogP) is 0.924. The highest BCUT2D eigenvalue weighted by molar-refractivity contribution is 6.11. The highest BCUT2D eigenvalue weighted by Gasteiger charge is 2.08. The molecular formula is C12H13ClN6. The quantitative estimate of drug-likeness (QED) is 0.494. The molecule has 0 fully saturated rings. The van der Waals surface area contributed by atoms with E-state index in [1.54, 1.807) is 18.6 Å². The van der Waals surface area contributed by atoms with Crippen LogP contribution in [0.2, 0.25) is 0 Å². The van der Waals surface area contributed by atoms with Gasteiger partial charge < -0.3 is 11.5 Å². The van der Waals surface area contributed by atoms with Crippen LogP contribution in [-0.2, 0) is 0 Å². The van der Waals surface area contributed by atoms with Gasteiger partial charge in [-0.3, -0.25) is 9.97 Å². The lowest BCUT2D eigenvalue weighted by atomic mass is 10.1. The van der Waals surface area contributed by atoms with Gasteiger partial charge in [-0.1, -0.05) is 30.3 Å². The number of benzene rings is 1. The molecule has 0 radical (unpaired) electrons. The average molecular weight is 277 g/mol. The van der Waals surface area contributed by atoms with Crippen molar-refractivity contribution in [2.45, 2.75) is 0 Å². The van der Waals surface area contributed by atoms with E-state index in [4.69, 9.17) is 11.5 Å². The van der Waals surface area contributed by atoms with Gasteiger partial charge in [0.1, 0.15) is 11.4 Å². The first kappa shape index (κ1) is 14.6. The number of guanidine groups is 1. The van der Waals surface area contributed by atoms with Crippen LogP contribution in [0.5, 0.6) is 0 Å². The van der Waals surface area contributed by atoms with Gasteiger partial charge in [-0.15, -0.1) is 22.6 Å². The summed E-state index contributed by atoms with van der Waals surface area (Å²) >= 11 is 0. The lowest BCUT2D eigenvalue weighted by molar-refractivity contribution is 1.15. The molecule has 0 saturated carbocycles. The van der Waals surface area contributed by atoms with E-state index in [9.17, 15) is 0 Å². The van der Waals surface area contributed by atoms with Gasteiger partial charge in [0, 0.05) is 18.0 Å². The van der Waals surface area contributed by atoms with Gasteiger partial charge in [0.05, 0.1) is 6.20 Å². The Morgan fingerprint density at radius 3 is 2.32 bits per heavy atom. The summed E-state index contributed by atoms with van der Waals surface area (Å²) in [5.41, 5.74) is 12.6. The molecule has 0 aliphatic carbocycles. The molecule has 6 nitrogen and oxygen atoms in total. The third-order valence-electron chi connectivity index (χ3n) is 2.12. The molecule has 0 atom stereocenters. The van der Waals surface area contributed by atoms with Crippen molar-refractivity contribution in [3.05, 3.63) is 60.2 Å². The van der Waals surface area contributed by atoms with Gasteiger partial charge in [-0.25, -0.2) is 0 Å². The zero-order chi connectivity index (χ0) is 12.8. The largest absolute Gasteiger partial charge is 0.369 e. The molecule has 0 amide bonds. The summed E-state index contributed by atoms with van der Waals surface area (Å²) in [7, 11) is 0. The lowest BCUT2D eigenvalue weighted by Gasteiger charge is -2.03. The first-order valence-corrected chi connectivity index (χ1v) is 5.26. The zero-order valence-corrected chi connectivity index (χ0v) is 10.8. The summed E-state index contributed by atoms with van der Waals surface area (Å²) in [6.07, 6.45) is 4.78. The van der Waals surface area contributed by atoms with E-state index in [-0.39, 0.29) is 18.4 Å². The van der Waals surface area contributed by atoms with E-state index >= 15 is 0 Å². The summed E-state index contributed by atoms with van der Waals surface area (Å²) in [6.45, 7) is 0. The van der Waals surface area contributed by atoms with Gasteiger partial charge in [0.2, 0.25) is 5.96 Å². The van der Waals surface area contributed by atoms with Crippen molar-refractivity contribution in [3.8, 4) is 0 Å². The van der Waals surface area contributed by atoms with Crippen LogP contribution in [0.1, 0.15) is 11.3 Å². The minimum absolute atomic E-state index is 0. The highest BCUT2D eigenvalue weighted by atomic mass is 35.5. The number of aromatic nitrogens is 2. The van der Waals surface area contributed by atoms with Gasteiger partial charge in [-0.2, -0.15) is 0 Å². The van der Waals surface area contributed by atoms with Crippen LogP contribution in [0.4, 0.5) is 0 Å². The number of nitrogens with zero attached hydrogens (tertiary/aromatic N) is 4. The standard InChI is InChI=1S/C12H12N6.ClH/c13-12(14)18-17-11(9-4-2-1-3-5-9)10-8-15-6-7-16-10;/h1-8H,(H4,13,14,18);1H/b17-11+;. The predicted molar refractivity (Wildman–Crippen MR) is 77.2 cm³/mol. The van der Waals surface area contributed by atoms with Crippen LogP contribution < -0.4 is 11.5 Å². The molecule has 7 heteroatoms. The lowest BCUT2D eigenvalue weighted by Crippen LogP contribution is -2.22. The molecular weight excluding hydrogens is 264 g/mol. The second-order valence-electron chi connectivity index (χ2n) is 3.43. The number of hydrogen-bond acceptors (Lipinski definition) is 4. The fourth-order valence-corrected chi connectivity index (χ4v) is 1.38. The van der Waals surface area contributed by atoms with Crippen LogP contribution >= 0.6 is 12.4 Å². The van der Waals surface area contributed by atoms with Crippen LogP contribution in [0, 0.1) is 0 Å². The van der Waals surface area contributed by atoms with Crippen LogP contribution in [0.25, 0.3) is 0 Å². The monoisotopic (exact) mass is 276 g/mol. The van der Waals surface area contributed by atoms with E-state index in [1.165, 1.54) is 0 Å². The van der Waals surface area contributed by atoms with Gasteiger partial charge in [0.25, 0.3) is 0 Å². The molecule has 1 aromatic carbocycles. The van der Waals surface area contributed by atoms with Crippen molar-refractivity contribution >= 4 is 24.1 Å². The topological polar surface area (TPSA) is 103 Å². The number of rotatable bonds is 3. The summed E-state index contributed by atoms with van der Waals surface area (Å²) < 4.78 is 0. The second kappa shape index (κ2) is 7.07. The van der Waals surface area contributed by atoms with E-state index in [2.05, 4.69) is 20.2 Å². The molecule has 0 aliphatic rings. The Morgan fingerprint density at radius 2 is 1.74 bits per heavy atom. The number of nitrogens with two attached hydrogens (primary N) is 2. The Labute approximate surface area is 116 Å². The van der Waals surface area contributed by atoms with E-state index < -0.39 is 0 Å². The van der Waals surface area contributed by atoms with E-state index in [1.807, 2.05) is 30.3 Å². The molecule has 0 spiro atoms. The molecule has 2 aromatic rings. The summed E-state index contributed by atoms with van der Waals surface area (Å²) in [4.78, 5) is 8.19. The fraction of sp³-hybridized carbons (Fsp3) is 0. The van der Waals surface area contributed by atoms with Crippen LogP contribution in [0.3, 0.4) is 0 Å². The molecule has 0 aliphatic heterocycles. The van der Waals surface area contributed by atoms with Crippen molar-refractivity contribution in [3.63, 3.8) is 0 Å². The zero-order valence-electron chi connectivity index (χ0n) is 9.97. The SMILES string of the molecule is Cl.NC(N)=N/N=C(\c1ccccc1)c1cnccn1. The average Bonchev–Trinajstić information content (AvgIpc) is 2.41. The van der Waals surface area contributed by atoms with Gasteiger partial charge >= 0.3 is 0 Å². The Morgan fingerprint density at radius 1 is 1.00 bits per heavy atom. The molecule has 0 saturated heterocycles. The first-order chi connectivity index (χ1) is 8.77. The van der Waals surface area contributed by atoms with Crippen LogP contribution in [0.15, 0.2) is 59.1 Å². The molecule has 0 bridgehead atoms. The fourth-order valence-electron chi connectivity index (χ4n) is 1.38. The summed E-state index contributed by atoms with van der Waals surface area (Å²) in [5.74, 6) is -0.104. The maximum atomic E-state index is 5.28. The molecule has 2 rings (SSSR count). The first-order valence-electron chi connectivity index (χ1n) is 5.26. The molecule has 19 heavy (non-hydrogen) atoms. The van der Waals surface area contributed by atoms with E-state index in [0.717, 1.165) is 5.56 Å². The summed E-state index contributed by atoms with van der Waals surface area (Å²) in [5, 5.41) is 7.69. The highest BCUT2D eigenvalue weighted by Crippen LogP contribution is 2.08. The summed E-state index contributed by atoms with van der Waals surface area (Å²) in [6, 6.07) is 9.51. The Balaban J connectivity index is 0.00000180. The minimum Gasteiger partial charge on any atom is -0.369 e. The van der Waals surface area contributed by atoms with Crippen molar-refractivity contribution in [1.29, 1.82) is 0 Å². The van der Waals surface area contributed by atoms with Gasteiger partial charge in [-0.05, 0) is 0 Å². The minimum atomic E-state index is -0.104. The van der Waals surface area contributed by atoms with Gasteiger partial charge in [0.15, 0.2) is 0 Å². The molecule has 0 unspecified atom stereocenters. The Bertz CT molecular complexity index is 522. The maximum Gasteiger partial charge on any atom is 0.211 e. The molecule has 1 heterocycles. The number of hydrogen-bond donors (Lipinski definition) is 2. The normalized spacial score (nSPS) is 10.4. The Hall–Kier alpha value is -2.47. The maximum absolute atomic E-state index is 5.28. The molecule has 4 N–H and O–H groups in total. The molecule has 98 valence electrons. The third kappa shape index (κ3) is 4.04. The third-order valence-corrected chi connectivity index (χ3v) is 2.12. The molecule has 1 aromatic heterocycles. The number of halogens is 1. The van der Waals surface area contributed by atoms with Crippen molar-refractivity contribution in [1.82, 2.24) is 9.97 Å². The Kier molecular flexibility index (Phi) is 5.43. The van der Waals surface area contributed by atoms with Crippen molar-refractivity contribution < 1.29 is 0 Å². The van der Waals surface area contributed by atoms with E-state index in [0.29, 0.717) is 11.4 Å². The van der Waals surface area contributed by atoms with Crippen molar-refractivity contribution in [2.24, 2.45) is 21.7 Å². The second-order valence-corrected chi connectivity index (χ2v) is 3.43. The van der Waals surface area contributed by atoms with Crippen molar-refractivity contribution in [2.75, 3.05) is 0 Å². The van der Waals surface area contributed by atoms with Crippen LogP contribution in [-0.4, -0.2) is 21.6 Å².